The molecule has 0 atom stereocenters. The lowest BCUT2D eigenvalue weighted by Crippen LogP contribution is -2.45. The number of nitrogens with zero attached hydrogens (tertiary/aromatic N) is 4. The van der Waals surface area contributed by atoms with E-state index in [4.69, 9.17) is 22.3 Å². The largest absolute Gasteiger partial charge is 0.382 e. The van der Waals surface area contributed by atoms with Gasteiger partial charge in [0.15, 0.2) is 0 Å². The average molecular weight is 671 g/mol. The Morgan fingerprint density at radius 1 is 0.898 bits per heavy atom. The number of halogens is 1. The van der Waals surface area contributed by atoms with Gasteiger partial charge in [0.2, 0.25) is 5.91 Å². The van der Waals surface area contributed by atoms with E-state index in [1.54, 1.807) is 0 Å². The number of aromatic nitrogens is 2. The summed E-state index contributed by atoms with van der Waals surface area (Å²) in [5, 5.41) is 6.70. The summed E-state index contributed by atoms with van der Waals surface area (Å²) in [5.74, 6) is 1.12. The molecule has 5 aromatic carbocycles. The summed E-state index contributed by atoms with van der Waals surface area (Å²) in [5.41, 5.74) is 13.2. The Hall–Kier alpha value is -4.69. The number of aryl methyl sites for hydroxylation is 3. The topological polar surface area (TPSA) is 79.4 Å². The molecule has 1 aliphatic rings. The van der Waals surface area contributed by atoms with Crippen molar-refractivity contribution in [2.75, 3.05) is 29.9 Å². The second-order valence-electron chi connectivity index (χ2n) is 13.1. The molecule has 49 heavy (non-hydrogen) atoms. The maximum atomic E-state index is 14.3. The van der Waals surface area contributed by atoms with Crippen molar-refractivity contribution < 1.29 is 4.79 Å². The lowest BCUT2D eigenvalue weighted by molar-refractivity contribution is -0.120. The SMILES string of the molecule is Cn1c(CCc2ccc(CN)cc2)nc2cc(N(Cc3cccc4ccccc34)C(=O)CN3CCC(Nc4ccc(Cl)cc4)CC3)ccc21. The van der Waals surface area contributed by atoms with Crippen LogP contribution < -0.4 is 16.0 Å². The van der Waals surface area contributed by atoms with Crippen molar-refractivity contribution in [2.24, 2.45) is 12.8 Å². The van der Waals surface area contributed by atoms with Crippen LogP contribution in [0.3, 0.4) is 0 Å². The molecule has 1 aliphatic heterocycles. The molecule has 0 unspecified atom stereocenters. The van der Waals surface area contributed by atoms with Crippen LogP contribution in [-0.4, -0.2) is 46.0 Å². The minimum atomic E-state index is 0.0912. The van der Waals surface area contributed by atoms with Crippen molar-refractivity contribution in [3.63, 3.8) is 0 Å². The van der Waals surface area contributed by atoms with E-state index < -0.39 is 0 Å². The molecule has 3 N–H and O–H groups in total. The third kappa shape index (κ3) is 7.65. The highest BCUT2D eigenvalue weighted by Crippen LogP contribution is 2.28. The van der Waals surface area contributed by atoms with E-state index in [2.05, 4.69) is 107 Å². The van der Waals surface area contributed by atoms with E-state index in [-0.39, 0.29) is 5.91 Å². The summed E-state index contributed by atoms with van der Waals surface area (Å²) in [7, 11) is 2.08. The Morgan fingerprint density at radius 3 is 2.41 bits per heavy atom. The highest BCUT2D eigenvalue weighted by atomic mass is 35.5. The number of imidazole rings is 1. The number of hydrogen-bond donors (Lipinski definition) is 2. The molecule has 0 radical (unpaired) electrons. The van der Waals surface area contributed by atoms with Crippen molar-refractivity contribution in [2.45, 2.75) is 44.8 Å². The van der Waals surface area contributed by atoms with E-state index in [0.717, 1.165) is 88.5 Å². The van der Waals surface area contributed by atoms with Crippen molar-refractivity contribution in [1.29, 1.82) is 0 Å². The fourth-order valence-electron chi connectivity index (χ4n) is 6.95. The van der Waals surface area contributed by atoms with Gasteiger partial charge in [0, 0.05) is 55.5 Å². The number of anilines is 2. The summed E-state index contributed by atoms with van der Waals surface area (Å²) in [6, 6.07) is 37.7. The van der Waals surface area contributed by atoms with Crippen LogP contribution in [0.1, 0.15) is 35.4 Å². The first kappa shape index (κ1) is 32.8. The second-order valence-corrected chi connectivity index (χ2v) is 13.5. The molecule has 0 saturated carbocycles. The lowest BCUT2D eigenvalue weighted by atomic mass is 10.0. The Bertz CT molecular complexity index is 2040. The van der Waals surface area contributed by atoms with Crippen molar-refractivity contribution in [3.05, 3.63) is 137 Å². The highest BCUT2D eigenvalue weighted by molar-refractivity contribution is 6.30. The predicted molar refractivity (Wildman–Crippen MR) is 202 cm³/mol. The third-order valence-electron chi connectivity index (χ3n) is 9.84. The van der Waals surface area contributed by atoms with Crippen LogP contribution in [0, 0.1) is 0 Å². The fourth-order valence-corrected chi connectivity index (χ4v) is 7.07. The summed E-state index contributed by atoms with van der Waals surface area (Å²) in [6.45, 7) is 3.12. The molecule has 8 heteroatoms. The maximum Gasteiger partial charge on any atom is 0.241 e. The van der Waals surface area contributed by atoms with Gasteiger partial charge >= 0.3 is 0 Å². The Kier molecular flexibility index (Phi) is 9.94. The summed E-state index contributed by atoms with van der Waals surface area (Å²) >= 11 is 6.07. The van der Waals surface area contributed by atoms with Crippen molar-refractivity contribution in [1.82, 2.24) is 14.5 Å². The summed E-state index contributed by atoms with van der Waals surface area (Å²) in [4.78, 5) is 23.6. The van der Waals surface area contributed by atoms with Crippen LogP contribution in [0.25, 0.3) is 21.8 Å². The van der Waals surface area contributed by atoms with Crippen LogP contribution in [0.2, 0.25) is 5.02 Å². The van der Waals surface area contributed by atoms with E-state index in [1.165, 1.54) is 10.9 Å². The summed E-state index contributed by atoms with van der Waals surface area (Å²) in [6.07, 6.45) is 3.66. The van der Waals surface area contributed by atoms with Gasteiger partial charge in [-0.05, 0) is 89.2 Å². The predicted octanol–water partition coefficient (Wildman–Crippen LogP) is 7.73. The molecule has 1 saturated heterocycles. The minimum absolute atomic E-state index is 0.0912. The molecule has 250 valence electrons. The van der Waals surface area contributed by atoms with Crippen LogP contribution in [0.5, 0.6) is 0 Å². The number of fused-ring (bicyclic) bond motifs is 2. The van der Waals surface area contributed by atoms with Gasteiger partial charge in [-0.2, -0.15) is 0 Å². The molecular formula is C41H43ClN6O. The molecule has 0 spiro atoms. The first-order valence-electron chi connectivity index (χ1n) is 17.2. The Balaban J connectivity index is 1.10. The minimum Gasteiger partial charge on any atom is -0.382 e. The van der Waals surface area contributed by atoms with Gasteiger partial charge in [-0.25, -0.2) is 4.98 Å². The molecule has 1 fully saturated rings. The number of piperidine rings is 1. The fraction of sp³-hybridized carbons (Fsp3) is 0.268. The standard InChI is InChI=1S/C41H43ClN6O/c1-46-39-19-18-36(25-38(39)45-40(46)20-13-29-9-11-30(26-43)12-10-29)48(27-32-7-4-6-31-5-2-3-8-37(31)32)41(49)28-47-23-21-35(22-24-47)44-34-16-14-33(42)15-17-34/h2-12,14-19,25,35,44H,13,20-24,26-28,43H2,1H3. The second kappa shape index (κ2) is 14.8. The van der Waals surface area contributed by atoms with Crippen LogP contribution in [-0.2, 0) is 37.8 Å². The first-order chi connectivity index (χ1) is 23.9. The number of carbonyl (C=O) groups is 1. The van der Waals surface area contributed by atoms with Crippen molar-refractivity contribution >= 4 is 50.7 Å². The van der Waals surface area contributed by atoms with Gasteiger partial charge in [0.05, 0.1) is 24.1 Å². The van der Waals surface area contributed by atoms with E-state index in [1.807, 2.05) is 29.2 Å². The van der Waals surface area contributed by atoms with Crippen LogP contribution in [0.15, 0.2) is 109 Å². The zero-order valence-electron chi connectivity index (χ0n) is 28.0. The quantitative estimate of drug-likeness (QED) is 0.148. The average Bonchev–Trinajstić information content (AvgIpc) is 3.45. The highest BCUT2D eigenvalue weighted by Gasteiger charge is 2.25. The number of carbonyl (C=O) groups excluding carboxylic acids is 1. The molecule has 6 aromatic rings. The number of nitrogens with two attached hydrogens (primary N) is 1. The van der Waals surface area contributed by atoms with Gasteiger partial charge in [0.1, 0.15) is 5.82 Å². The van der Waals surface area contributed by atoms with Gasteiger partial charge < -0.3 is 20.5 Å². The van der Waals surface area contributed by atoms with E-state index in [0.29, 0.717) is 25.7 Å². The molecule has 0 aliphatic carbocycles. The maximum absolute atomic E-state index is 14.3. The number of benzene rings is 5. The molecule has 7 rings (SSSR count). The van der Waals surface area contributed by atoms with Crippen LogP contribution >= 0.6 is 11.6 Å². The van der Waals surface area contributed by atoms with Gasteiger partial charge in [-0.3, -0.25) is 9.69 Å². The zero-order chi connectivity index (χ0) is 33.7. The molecule has 7 nitrogen and oxygen atoms in total. The van der Waals surface area contributed by atoms with Crippen molar-refractivity contribution in [3.8, 4) is 0 Å². The third-order valence-corrected chi connectivity index (χ3v) is 10.1. The number of nitrogens with one attached hydrogen (secondary N) is 1. The number of likely N-dealkylation sites (tertiary alicyclic amines) is 1. The zero-order valence-corrected chi connectivity index (χ0v) is 28.7. The molecular weight excluding hydrogens is 628 g/mol. The number of rotatable bonds is 11. The number of amides is 1. The van der Waals surface area contributed by atoms with Gasteiger partial charge in [-0.1, -0.05) is 78.3 Å². The summed E-state index contributed by atoms with van der Waals surface area (Å²) < 4.78 is 2.17. The van der Waals surface area contributed by atoms with Gasteiger partial charge in [0.25, 0.3) is 0 Å². The van der Waals surface area contributed by atoms with E-state index >= 15 is 0 Å². The first-order valence-corrected chi connectivity index (χ1v) is 17.6. The Morgan fingerprint density at radius 2 is 1.63 bits per heavy atom. The normalized spacial score (nSPS) is 14.0. The molecule has 0 bridgehead atoms. The molecule has 1 aromatic heterocycles. The van der Waals surface area contributed by atoms with Gasteiger partial charge in [-0.15, -0.1) is 0 Å². The lowest BCUT2D eigenvalue weighted by Gasteiger charge is -2.34. The van der Waals surface area contributed by atoms with Crippen LogP contribution in [0.4, 0.5) is 11.4 Å². The molecule has 1 amide bonds. The molecule has 2 heterocycles. The van der Waals surface area contributed by atoms with E-state index in [9.17, 15) is 4.79 Å². The smallest absolute Gasteiger partial charge is 0.241 e. The monoisotopic (exact) mass is 670 g/mol. The number of hydrogen-bond acceptors (Lipinski definition) is 5. The Labute approximate surface area is 293 Å².